The number of hydrogen-bond acceptors (Lipinski definition) is 11. The molecule has 1 amide bonds. The van der Waals surface area contributed by atoms with Crippen LogP contribution in [0.4, 0.5) is 0 Å². The summed E-state index contributed by atoms with van der Waals surface area (Å²) in [4.78, 5) is 28.8. The number of allylic oxidation sites excluding steroid dienone is 1. The van der Waals surface area contributed by atoms with Gasteiger partial charge in [0.25, 0.3) is 5.91 Å². The first kappa shape index (κ1) is 63.4. The quantitative estimate of drug-likeness (QED) is 0.0581. The molecule has 19 heteroatoms. The second-order valence-electron chi connectivity index (χ2n) is 20.0. The lowest BCUT2D eigenvalue weighted by molar-refractivity contribution is 0.0935. The van der Waals surface area contributed by atoms with Crippen molar-refractivity contribution in [2.24, 2.45) is 5.92 Å². The van der Waals surface area contributed by atoms with Gasteiger partial charge in [0.1, 0.15) is 28.9 Å². The van der Waals surface area contributed by atoms with Gasteiger partial charge < -0.3 is 40.7 Å². The maximum Gasteiger partial charge on any atom is 0.251 e. The van der Waals surface area contributed by atoms with E-state index < -0.39 is 0 Å². The van der Waals surface area contributed by atoms with Crippen LogP contribution in [-0.2, 0) is 13.1 Å². The Labute approximate surface area is 502 Å². The third-order valence-electron chi connectivity index (χ3n) is 13.9. The molecule has 0 unspecified atom stereocenters. The predicted molar refractivity (Wildman–Crippen MR) is 334 cm³/mol. The van der Waals surface area contributed by atoms with Gasteiger partial charge in [0.2, 0.25) is 0 Å². The Morgan fingerprint density at radius 1 is 0.887 bits per heavy atom. The number of aromatic nitrogens is 4. The summed E-state index contributed by atoms with van der Waals surface area (Å²) in [5.74, 6) is 2.84. The van der Waals surface area contributed by atoms with Gasteiger partial charge in [-0.15, -0.1) is 0 Å². The minimum absolute atomic E-state index is 0. The van der Waals surface area contributed by atoms with E-state index in [4.69, 9.17) is 66.5 Å². The normalized spacial score (nSPS) is 15.4. The summed E-state index contributed by atoms with van der Waals surface area (Å²) in [7, 11) is 0. The van der Waals surface area contributed by atoms with Crippen LogP contribution in [0.1, 0.15) is 94.2 Å². The number of fused-ring (bicyclic) bond motifs is 2. The van der Waals surface area contributed by atoms with Gasteiger partial charge in [-0.2, -0.15) is 5.26 Å². The molecular formula is C61H76BrCl4N11O3. The number of rotatable bonds is 16. The molecule has 2 fully saturated rings. The van der Waals surface area contributed by atoms with Crippen molar-refractivity contribution >= 4 is 91.1 Å². The first-order valence-corrected chi connectivity index (χ1v) is 28.7. The van der Waals surface area contributed by atoms with E-state index in [1.165, 1.54) is 5.56 Å². The molecule has 2 saturated heterocycles. The standard InChI is InChI=1S/C23H27Cl2N3O.C22H26Cl2N2O2.C15H12BrN5.CH4.H3N.2H2/c1-17(16-29-21-5-2-18(13-26)3-6-21)14-27-20-8-10-28(11-9-20)15-19-4-7-22(24)23(25)12-19;1-16-4-2-5-17(14-16)22(27)25-10-3-11-26-12-8-18(9-13-26)28-19-6-7-20(23)21(24)15-19;16-11-4-2-1-3-9(11)7-10-5-6-21-13(17)12-14(19-8-18-12)20-15(10)21;;;;/h2-7,12,17,20,27H,8-11,14-16H2,1H3;2,4-7,14-15,18H,3,8-13H2,1H3,(H,25,27);1-4,7-8,17H,5-6H2,(H,18,19);1H4;1H3;2*1H/b;;10-7+,17-13?;;;;/t17-;;;;;;/m0....../s1. The Hall–Kier alpha value is -5.77. The minimum atomic E-state index is -0.00238. The van der Waals surface area contributed by atoms with E-state index in [1.54, 1.807) is 30.6 Å². The molecule has 0 saturated carbocycles. The first-order valence-electron chi connectivity index (χ1n) is 26.4. The van der Waals surface area contributed by atoms with Crippen molar-refractivity contribution < 1.29 is 17.1 Å². The molecule has 1 atom stereocenters. The smallest absolute Gasteiger partial charge is 0.251 e. The van der Waals surface area contributed by atoms with Crippen molar-refractivity contribution in [3.05, 3.63) is 179 Å². The van der Waals surface area contributed by atoms with Crippen LogP contribution in [-0.4, -0.2) is 99.8 Å². The molecule has 14 nitrogen and oxygen atoms in total. The monoisotopic (exact) mass is 1230 g/mol. The first-order chi connectivity index (χ1) is 37.8. The molecule has 7 aromatic rings. The number of ether oxygens (including phenoxy) is 2. The van der Waals surface area contributed by atoms with Gasteiger partial charge in [0, 0.05) is 70.2 Å². The highest BCUT2D eigenvalue weighted by molar-refractivity contribution is 9.10. The lowest BCUT2D eigenvalue weighted by Crippen LogP contribution is -2.43. The summed E-state index contributed by atoms with van der Waals surface area (Å²) in [5, 5.41) is 26.1. The average Bonchev–Trinajstić information content (AvgIpc) is 4.11. The zero-order valence-corrected chi connectivity index (χ0v) is 49.2. The van der Waals surface area contributed by atoms with Crippen LogP contribution in [0, 0.1) is 29.6 Å². The van der Waals surface area contributed by atoms with Gasteiger partial charge in [0.15, 0.2) is 11.1 Å². The number of nitrogens with zero attached hydrogens (tertiary/aromatic N) is 6. The number of aromatic amines is 1. The second-order valence-corrected chi connectivity index (χ2v) is 22.4. The van der Waals surface area contributed by atoms with Crippen LogP contribution in [0.15, 0.2) is 120 Å². The van der Waals surface area contributed by atoms with E-state index in [2.05, 4.69) is 76.5 Å². The fraction of sp³-hybridized carbons (Fsp3) is 0.361. The lowest BCUT2D eigenvalue weighted by atomic mass is 10.0. The number of H-pyrrole nitrogens is 1. The molecule has 0 bridgehead atoms. The Morgan fingerprint density at radius 2 is 1.59 bits per heavy atom. The molecule has 5 heterocycles. The maximum atomic E-state index is 12.2. The molecule has 80 heavy (non-hydrogen) atoms. The number of benzene rings is 5. The average molecular weight is 1230 g/mol. The number of aryl methyl sites for hydroxylation is 1. The number of nitrogens with one attached hydrogen (secondary N) is 4. The van der Waals surface area contributed by atoms with Crippen molar-refractivity contribution in [2.75, 3.05) is 52.4 Å². The molecule has 2 aromatic heterocycles. The number of imidazole rings is 1. The van der Waals surface area contributed by atoms with Crippen LogP contribution in [0.2, 0.25) is 20.1 Å². The Bertz CT molecular complexity index is 3270. The number of carbonyl (C=O) groups is 1. The molecule has 428 valence electrons. The van der Waals surface area contributed by atoms with E-state index in [0.29, 0.717) is 67.4 Å². The van der Waals surface area contributed by atoms with Crippen molar-refractivity contribution in [2.45, 2.75) is 85.0 Å². The molecule has 0 aliphatic carbocycles. The highest BCUT2D eigenvalue weighted by Gasteiger charge is 2.23. The third-order valence-corrected chi connectivity index (χ3v) is 16.1. The predicted octanol–water partition coefficient (Wildman–Crippen LogP) is 14.3. The van der Waals surface area contributed by atoms with E-state index in [0.717, 1.165) is 135 Å². The summed E-state index contributed by atoms with van der Waals surface area (Å²) in [6.45, 7) is 13.3. The number of nitriles is 1. The SMILES string of the molecule is C.C[C@@H](CNC1CCN(Cc2ccc(Cl)c(Cl)c2)CC1)COc1ccc(C#N)cc1.Cc1cccc(C(=O)NCCCN2CCC(Oc3ccc(Cl)c(Cl)c3)CC2)c1.N.N=c1c2[nH]cnc2nc2n1CC/C2=C\c1ccccc1Br.[HH].[HH]. The maximum absolute atomic E-state index is 12.2. The molecular weight excluding hydrogens is 1160 g/mol. The minimum Gasteiger partial charge on any atom is -0.493 e. The second kappa shape index (κ2) is 31.4. The van der Waals surface area contributed by atoms with Gasteiger partial charge in [0.05, 0.1) is 44.7 Å². The molecule has 10 rings (SSSR count). The Kier molecular flexibility index (Phi) is 24.9. The van der Waals surface area contributed by atoms with Crippen molar-refractivity contribution in [1.82, 2.24) is 46.1 Å². The lowest BCUT2D eigenvalue weighted by Gasteiger charge is -2.33. The van der Waals surface area contributed by atoms with Crippen LogP contribution >= 0.6 is 62.3 Å². The van der Waals surface area contributed by atoms with Gasteiger partial charge >= 0.3 is 0 Å². The van der Waals surface area contributed by atoms with Crippen LogP contribution in [0.3, 0.4) is 0 Å². The Balaban J connectivity index is 0.000000261. The number of hydrogen-bond donors (Lipinski definition) is 5. The Morgan fingerprint density at radius 3 is 2.29 bits per heavy atom. The van der Waals surface area contributed by atoms with Crippen LogP contribution in [0.5, 0.6) is 11.5 Å². The summed E-state index contributed by atoms with van der Waals surface area (Å²) in [6.07, 6.45) is 9.99. The van der Waals surface area contributed by atoms with Gasteiger partial charge in [-0.3, -0.25) is 15.1 Å². The molecule has 5 aromatic carbocycles. The zero-order chi connectivity index (χ0) is 55.0. The fourth-order valence-electron chi connectivity index (χ4n) is 9.54. The van der Waals surface area contributed by atoms with Crippen LogP contribution < -0.4 is 31.7 Å². The van der Waals surface area contributed by atoms with Gasteiger partial charge in [-0.05, 0) is 155 Å². The van der Waals surface area contributed by atoms with Crippen LogP contribution in [0.25, 0.3) is 22.8 Å². The molecule has 0 spiro atoms. The molecule has 3 aliphatic rings. The zero-order valence-electron chi connectivity index (χ0n) is 44.6. The van der Waals surface area contributed by atoms with E-state index in [9.17, 15) is 4.79 Å². The largest absolute Gasteiger partial charge is 0.493 e. The van der Waals surface area contributed by atoms with Gasteiger partial charge in [-0.1, -0.05) is 119 Å². The third kappa shape index (κ3) is 18.4. The van der Waals surface area contributed by atoms with E-state index in [1.807, 2.05) is 90.4 Å². The summed E-state index contributed by atoms with van der Waals surface area (Å²) in [5.41, 5.74) is 7.68. The van der Waals surface area contributed by atoms with E-state index in [-0.39, 0.29) is 28.4 Å². The number of halogens is 5. The summed E-state index contributed by atoms with van der Waals surface area (Å²) < 4.78 is 14.9. The molecule has 7 N–H and O–H groups in total. The van der Waals surface area contributed by atoms with Gasteiger partial charge in [-0.25, -0.2) is 9.97 Å². The van der Waals surface area contributed by atoms with Crippen molar-refractivity contribution in [1.29, 1.82) is 10.7 Å². The highest BCUT2D eigenvalue weighted by atomic mass is 79.9. The molecule has 0 radical (unpaired) electrons. The number of piperidine rings is 2. The van der Waals surface area contributed by atoms with Crippen molar-refractivity contribution in [3.8, 4) is 17.6 Å². The fourth-order valence-corrected chi connectivity index (χ4v) is 10.5. The highest BCUT2D eigenvalue weighted by Crippen LogP contribution is 2.31. The number of carbonyl (C=O) groups excluding carboxylic acids is 1. The number of amides is 1. The van der Waals surface area contributed by atoms with E-state index >= 15 is 0 Å². The van der Waals surface area contributed by atoms with Crippen molar-refractivity contribution in [3.63, 3.8) is 0 Å². The number of likely N-dealkylation sites (tertiary alicyclic amines) is 2. The summed E-state index contributed by atoms with van der Waals surface area (Å²) >= 11 is 27.7. The summed E-state index contributed by atoms with van der Waals surface area (Å²) in [6, 6.07) is 37.0. The topological polar surface area (TPSA) is 195 Å². The molecule has 3 aliphatic heterocycles.